The highest BCUT2D eigenvalue weighted by atomic mass is 15.1. The Labute approximate surface area is 124 Å². The van der Waals surface area contributed by atoms with E-state index in [4.69, 9.17) is 0 Å². The van der Waals surface area contributed by atoms with E-state index in [0.29, 0.717) is 12.1 Å². The van der Waals surface area contributed by atoms with Crippen LogP contribution in [0.15, 0.2) is 18.7 Å². The summed E-state index contributed by atoms with van der Waals surface area (Å²) >= 11 is 0. The fourth-order valence-electron chi connectivity index (χ4n) is 3.26. The molecule has 0 amide bonds. The smallest absolute Gasteiger partial charge is 0.0946 e. The molecule has 0 bridgehead atoms. The molecule has 1 aliphatic rings. The average molecular weight is 277 g/mol. The first-order chi connectivity index (χ1) is 9.38. The maximum Gasteiger partial charge on any atom is 0.0946 e. The summed E-state index contributed by atoms with van der Waals surface area (Å²) < 4.78 is 2.19. The minimum atomic E-state index is 0.255. The highest BCUT2D eigenvalue weighted by Gasteiger charge is 2.32. The van der Waals surface area contributed by atoms with Gasteiger partial charge in [-0.05, 0) is 23.7 Å². The van der Waals surface area contributed by atoms with Gasteiger partial charge in [0.2, 0.25) is 0 Å². The van der Waals surface area contributed by atoms with Crippen LogP contribution in [-0.4, -0.2) is 21.6 Å². The molecule has 20 heavy (non-hydrogen) atoms. The third-order valence-corrected chi connectivity index (χ3v) is 5.12. The van der Waals surface area contributed by atoms with Gasteiger partial charge in [-0.25, -0.2) is 4.98 Å². The molecule has 1 N–H and O–H groups in total. The molecule has 3 heteroatoms. The molecule has 0 spiro atoms. The van der Waals surface area contributed by atoms with Crippen LogP contribution >= 0.6 is 0 Å². The van der Waals surface area contributed by atoms with Crippen molar-refractivity contribution in [1.82, 2.24) is 14.9 Å². The van der Waals surface area contributed by atoms with Gasteiger partial charge in [0.15, 0.2) is 0 Å². The molecular formula is C17H31N3. The number of rotatable bonds is 4. The molecule has 114 valence electrons. The molecular weight excluding hydrogens is 246 g/mol. The lowest BCUT2D eigenvalue weighted by molar-refractivity contribution is 0.147. The maximum absolute atomic E-state index is 4.17. The molecule has 1 heterocycles. The Morgan fingerprint density at radius 2 is 2.05 bits per heavy atom. The largest absolute Gasteiger partial charge is 0.336 e. The molecule has 0 radical (unpaired) electrons. The van der Waals surface area contributed by atoms with Crippen molar-refractivity contribution in [3.8, 4) is 0 Å². The normalized spacial score (nSPS) is 29.4. The zero-order valence-electron chi connectivity index (χ0n) is 13.8. The van der Waals surface area contributed by atoms with Crippen LogP contribution in [0.4, 0.5) is 0 Å². The van der Waals surface area contributed by atoms with Gasteiger partial charge in [0.25, 0.3) is 0 Å². The summed E-state index contributed by atoms with van der Waals surface area (Å²) in [7, 11) is 0. The first-order valence-corrected chi connectivity index (χ1v) is 8.09. The molecule has 1 saturated carbocycles. The van der Waals surface area contributed by atoms with Gasteiger partial charge in [0, 0.05) is 31.0 Å². The Morgan fingerprint density at radius 1 is 1.30 bits per heavy atom. The first-order valence-electron chi connectivity index (χ1n) is 8.09. The lowest BCUT2D eigenvalue weighted by Crippen LogP contribution is -2.52. The molecule has 1 fully saturated rings. The van der Waals surface area contributed by atoms with E-state index in [9.17, 15) is 0 Å². The predicted octanol–water partition coefficient (Wildman–Crippen LogP) is 3.71. The number of hydrogen-bond acceptors (Lipinski definition) is 2. The van der Waals surface area contributed by atoms with E-state index in [-0.39, 0.29) is 5.41 Å². The van der Waals surface area contributed by atoms with Crippen molar-refractivity contribution < 1.29 is 0 Å². The van der Waals surface area contributed by atoms with Crippen molar-refractivity contribution in [1.29, 1.82) is 0 Å². The Bertz CT molecular complexity index is 391. The Morgan fingerprint density at radius 3 is 2.65 bits per heavy atom. The molecule has 1 aromatic heterocycles. The van der Waals surface area contributed by atoms with E-state index in [1.54, 1.807) is 0 Å². The van der Waals surface area contributed by atoms with Gasteiger partial charge in [-0.2, -0.15) is 0 Å². The van der Waals surface area contributed by atoms with Crippen LogP contribution in [-0.2, 0) is 6.54 Å². The van der Waals surface area contributed by atoms with Crippen LogP contribution in [0, 0.1) is 17.3 Å². The Balaban J connectivity index is 2.04. The maximum atomic E-state index is 4.17. The second kappa shape index (κ2) is 6.30. The molecule has 0 saturated heterocycles. The minimum Gasteiger partial charge on any atom is -0.336 e. The molecule has 4 unspecified atom stereocenters. The van der Waals surface area contributed by atoms with Crippen molar-refractivity contribution >= 4 is 0 Å². The lowest BCUT2D eigenvalue weighted by atomic mass is 9.76. The average Bonchev–Trinajstić information content (AvgIpc) is 2.85. The molecule has 1 aliphatic carbocycles. The quantitative estimate of drug-likeness (QED) is 0.909. The van der Waals surface area contributed by atoms with E-state index in [2.05, 4.69) is 55.7 Å². The van der Waals surface area contributed by atoms with Crippen molar-refractivity contribution in [3.63, 3.8) is 0 Å². The zero-order valence-corrected chi connectivity index (χ0v) is 13.8. The Kier molecular flexibility index (Phi) is 4.90. The molecule has 4 atom stereocenters. The topological polar surface area (TPSA) is 29.9 Å². The van der Waals surface area contributed by atoms with Crippen LogP contribution in [0.1, 0.15) is 53.9 Å². The van der Waals surface area contributed by atoms with Gasteiger partial charge in [-0.1, -0.05) is 47.5 Å². The number of aromatic nitrogens is 2. The highest BCUT2D eigenvalue weighted by Crippen LogP contribution is 2.31. The Hall–Kier alpha value is -0.830. The summed E-state index contributed by atoms with van der Waals surface area (Å²) in [6.07, 6.45) is 9.93. The van der Waals surface area contributed by atoms with Gasteiger partial charge < -0.3 is 9.88 Å². The minimum absolute atomic E-state index is 0.255. The van der Waals surface area contributed by atoms with E-state index < -0.39 is 0 Å². The summed E-state index contributed by atoms with van der Waals surface area (Å²) in [5.74, 6) is 1.62. The fourth-order valence-corrected chi connectivity index (χ4v) is 3.26. The molecule has 1 aromatic rings. The second-order valence-electron chi connectivity index (χ2n) is 7.72. The van der Waals surface area contributed by atoms with Crippen LogP contribution < -0.4 is 5.32 Å². The van der Waals surface area contributed by atoms with Crippen molar-refractivity contribution in [2.24, 2.45) is 17.3 Å². The van der Waals surface area contributed by atoms with E-state index in [0.717, 1.165) is 18.4 Å². The van der Waals surface area contributed by atoms with Gasteiger partial charge >= 0.3 is 0 Å². The van der Waals surface area contributed by atoms with Gasteiger partial charge in [-0.15, -0.1) is 0 Å². The monoisotopic (exact) mass is 277 g/mol. The summed E-state index contributed by atoms with van der Waals surface area (Å²) in [6.45, 7) is 12.8. The summed E-state index contributed by atoms with van der Waals surface area (Å²) in [6, 6.07) is 1.14. The van der Waals surface area contributed by atoms with Gasteiger partial charge in [-0.3, -0.25) is 0 Å². The van der Waals surface area contributed by atoms with Crippen LogP contribution in [0.2, 0.25) is 0 Å². The molecule has 0 aromatic carbocycles. The summed E-state index contributed by atoms with van der Waals surface area (Å²) in [5.41, 5.74) is 0.255. The second-order valence-corrected chi connectivity index (χ2v) is 7.72. The third kappa shape index (κ3) is 3.85. The van der Waals surface area contributed by atoms with Gasteiger partial charge in [0.05, 0.1) is 6.33 Å². The van der Waals surface area contributed by atoms with Crippen molar-refractivity contribution in [2.45, 2.75) is 72.5 Å². The fraction of sp³-hybridized carbons (Fsp3) is 0.824. The number of hydrogen-bond donors (Lipinski definition) is 1. The summed E-state index contributed by atoms with van der Waals surface area (Å²) in [4.78, 5) is 4.17. The van der Waals surface area contributed by atoms with Gasteiger partial charge in [0.1, 0.15) is 0 Å². The first kappa shape index (κ1) is 15.6. The van der Waals surface area contributed by atoms with Crippen molar-refractivity contribution in [3.05, 3.63) is 18.7 Å². The van der Waals surface area contributed by atoms with E-state index in [1.165, 1.54) is 19.3 Å². The molecule has 2 rings (SSSR count). The SMILES string of the molecule is CC1CCCC(NC(Cn2ccnc2)C(C)(C)C)C1C. The highest BCUT2D eigenvalue weighted by molar-refractivity contribution is 4.90. The predicted molar refractivity (Wildman–Crippen MR) is 84.6 cm³/mol. The standard InChI is InChI=1S/C17H31N3/c1-13-7-6-8-15(14(13)2)19-16(17(3,4)5)11-20-10-9-18-12-20/h9-10,12-16,19H,6-8,11H2,1-5H3. The number of nitrogens with one attached hydrogen (secondary N) is 1. The molecule has 3 nitrogen and oxygen atoms in total. The van der Waals surface area contributed by atoms with Crippen LogP contribution in [0.25, 0.3) is 0 Å². The molecule has 0 aliphatic heterocycles. The lowest BCUT2D eigenvalue weighted by Gasteiger charge is -2.41. The van der Waals surface area contributed by atoms with Crippen LogP contribution in [0.5, 0.6) is 0 Å². The van der Waals surface area contributed by atoms with E-state index in [1.807, 2.05) is 12.5 Å². The third-order valence-electron chi connectivity index (χ3n) is 5.12. The zero-order chi connectivity index (χ0) is 14.8. The van der Waals surface area contributed by atoms with E-state index >= 15 is 0 Å². The number of nitrogens with zero attached hydrogens (tertiary/aromatic N) is 2. The summed E-state index contributed by atoms with van der Waals surface area (Å²) in [5, 5.41) is 3.97. The number of imidazole rings is 1. The van der Waals surface area contributed by atoms with Crippen molar-refractivity contribution in [2.75, 3.05) is 0 Å². The van der Waals surface area contributed by atoms with Crippen LogP contribution in [0.3, 0.4) is 0 Å².